The Morgan fingerprint density at radius 1 is 1.16 bits per heavy atom. The largest absolute Gasteiger partial charge is 0.453 e. The van der Waals surface area contributed by atoms with Crippen molar-refractivity contribution >= 4 is 29.7 Å². The summed E-state index contributed by atoms with van der Waals surface area (Å²) < 4.78 is 4.23. The number of likely N-dealkylation sites (tertiary alicyclic amines) is 1. The molecule has 3 amide bonds. The highest BCUT2D eigenvalue weighted by Crippen LogP contribution is 2.32. The standard InChI is InChI=1S/C23H42N4O4S/c1-15(2)14-32-23(3,4)19(26-22(30)31-5)21(29)27-12-6-7-18(27)20(28)25-13-16-8-10-17(24)11-9-16/h15-19H,6-14,24H2,1-5H3,(H,25,28)(H,26,30)/t16-,17-,18-,19-/m0/s1. The minimum Gasteiger partial charge on any atom is -0.453 e. The molecule has 0 unspecified atom stereocenters. The van der Waals surface area contributed by atoms with E-state index in [0.717, 1.165) is 37.9 Å². The van der Waals surface area contributed by atoms with E-state index >= 15 is 0 Å². The number of alkyl carbamates (subject to hydrolysis) is 1. The summed E-state index contributed by atoms with van der Waals surface area (Å²) in [5.74, 6) is 1.43. The second-order valence-electron chi connectivity index (χ2n) is 10.1. The zero-order valence-corrected chi connectivity index (χ0v) is 21.1. The molecular weight excluding hydrogens is 428 g/mol. The van der Waals surface area contributed by atoms with Crippen LogP contribution in [0, 0.1) is 11.8 Å². The number of amides is 3. The summed E-state index contributed by atoms with van der Waals surface area (Å²) in [6.07, 6.45) is 4.82. The first-order valence-electron chi connectivity index (χ1n) is 11.9. The van der Waals surface area contributed by atoms with Crippen molar-refractivity contribution in [1.82, 2.24) is 15.5 Å². The Morgan fingerprint density at radius 3 is 2.41 bits per heavy atom. The van der Waals surface area contributed by atoms with E-state index in [1.165, 1.54) is 7.11 Å². The highest BCUT2D eigenvalue weighted by molar-refractivity contribution is 8.00. The van der Waals surface area contributed by atoms with Crippen LogP contribution in [0.4, 0.5) is 4.79 Å². The molecule has 0 bridgehead atoms. The molecule has 0 radical (unpaired) electrons. The Bertz CT molecular complexity index is 650. The zero-order valence-electron chi connectivity index (χ0n) is 20.3. The highest BCUT2D eigenvalue weighted by atomic mass is 32.2. The minimum atomic E-state index is -0.785. The monoisotopic (exact) mass is 470 g/mol. The van der Waals surface area contributed by atoms with Gasteiger partial charge in [-0.25, -0.2) is 4.79 Å². The number of nitrogens with zero attached hydrogens (tertiary/aromatic N) is 1. The lowest BCUT2D eigenvalue weighted by molar-refractivity contribution is -0.140. The Kier molecular flexibility index (Phi) is 10.1. The van der Waals surface area contributed by atoms with Crippen LogP contribution in [0.3, 0.4) is 0 Å². The number of hydrogen-bond acceptors (Lipinski definition) is 6. The van der Waals surface area contributed by atoms with E-state index < -0.39 is 22.9 Å². The van der Waals surface area contributed by atoms with Gasteiger partial charge in [-0.3, -0.25) is 9.59 Å². The fourth-order valence-corrected chi connectivity index (χ4v) is 5.49. The SMILES string of the molecule is COC(=O)N[C@@H](C(=O)N1CCC[C@H]1C(=O)NC[C@H]1CC[C@H](N)CC1)C(C)(C)SCC(C)C. The van der Waals surface area contributed by atoms with E-state index in [0.29, 0.717) is 31.3 Å². The first-order valence-corrected chi connectivity index (χ1v) is 12.9. The van der Waals surface area contributed by atoms with Crippen LogP contribution in [0.5, 0.6) is 0 Å². The van der Waals surface area contributed by atoms with Crippen LogP contribution < -0.4 is 16.4 Å². The molecule has 9 heteroatoms. The molecule has 2 atom stereocenters. The molecule has 1 heterocycles. The molecule has 1 aliphatic carbocycles. The predicted molar refractivity (Wildman–Crippen MR) is 128 cm³/mol. The third-order valence-corrected chi connectivity index (χ3v) is 8.29. The summed E-state index contributed by atoms with van der Waals surface area (Å²) >= 11 is 1.64. The molecule has 0 spiro atoms. The van der Waals surface area contributed by atoms with Crippen molar-refractivity contribution in [2.75, 3.05) is 26.0 Å². The fraction of sp³-hybridized carbons (Fsp3) is 0.870. The molecular formula is C23H42N4O4S. The molecule has 2 fully saturated rings. The molecule has 8 nitrogen and oxygen atoms in total. The first-order chi connectivity index (χ1) is 15.0. The fourth-order valence-electron chi connectivity index (χ4n) is 4.40. The van der Waals surface area contributed by atoms with Crippen LogP contribution in [0.2, 0.25) is 0 Å². The smallest absolute Gasteiger partial charge is 0.407 e. The maximum atomic E-state index is 13.6. The molecule has 4 N–H and O–H groups in total. The number of nitrogens with two attached hydrogens (primary N) is 1. The van der Waals surface area contributed by atoms with Crippen LogP contribution in [0.25, 0.3) is 0 Å². The number of hydrogen-bond donors (Lipinski definition) is 3. The molecule has 1 saturated heterocycles. The normalized spacial score (nSPS) is 24.8. The van der Waals surface area contributed by atoms with Crippen LogP contribution in [-0.4, -0.2) is 71.6 Å². The van der Waals surface area contributed by atoms with Crippen molar-refractivity contribution in [1.29, 1.82) is 0 Å². The lowest BCUT2D eigenvalue weighted by Gasteiger charge is -2.37. The second kappa shape index (κ2) is 12.1. The molecule has 184 valence electrons. The molecule has 2 rings (SSSR count). The Labute approximate surface area is 197 Å². The van der Waals surface area contributed by atoms with Gasteiger partial charge in [-0.05, 0) is 70.0 Å². The van der Waals surface area contributed by atoms with Crippen molar-refractivity contribution in [3.8, 4) is 0 Å². The van der Waals surface area contributed by atoms with Crippen molar-refractivity contribution in [3.63, 3.8) is 0 Å². The third kappa shape index (κ3) is 7.54. The summed E-state index contributed by atoms with van der Waals surface area (Å²) in [6.45, 7) is 9.29. The number of carbonyl (C=O) groups excluding carboxylic acids is 3. The highest BCUT2D eigenvalue weighted by Gasteiger charge is 2.44. The number of methoxy groups -OCH3 is 1. The van der Waals surface area contributed by atoms with Gasteiger partial charge >= 0.3 is 6.09 Å². The summed E-state index contributed by atoms with van der Waals surface area (Å²) in [6, 6.07) is -1.01. The van der Waals surface area contributed by atoms with Gasteiger partial charge in [0.1, 0.15) is 12.1 Å². The molecule has 0 aromatic rings. The third-order valence-electron chi connectivity index (χ3n) is 6.47. The molecule has 2 aliphatic rings. The van der Waals surface area contributed by atoms with E-state index in [1.54, 1.807) is 16.7 Å². The van der Waals surface area contributed by atoms with Crippen molar-refractivity contribution in [3.05, 3.63) is 0 Å². The van der Waals surface area contributed by atoms with Gasteiger partial charge in [0.15, 0.2) is 0 Å². The van der Waals surface area contributed by atoms with Gasteiger partial charge in [-0.15, -0.1) is 0 Å². The van der Waals surface area contributed by atoms with E-state index in [1.807, 2.05) is 13.8 Å². The van der Waals surface area contributed by atoms with Gasteiger partial charge < -0.3 is 26.0 Å². The molecule has 1 saturated carbocycles. The van der Waals surface area contributed by atoms with E-state index in [-0.39, 0.29) is 17.9 Å². The lowest BCUT2D eigenvalue weighted by atomic mass is 9.86. The van der Waals surface area contributed by atoms with Crippen molar-refractivity contribution in [2.24, 2.45) is 17.6 Å². The average Bonchev–Trinajstić information content (AvgIpc) is 3.25. The number of ether oxygens (including phenoxy) is 1. The van der Waals surface area contributed by atoms with Gasteiger partial charge in [0, 0.05) is 23.9 Å². The van der Waals surface area contributed by atoms with Crippen molar-refractivity contribution < 1.29 is 19.1 Å². The summed E-state index contributed by atoms with van der Waals surface area (Å²) in [5, 5.41) is 5.81. The average molecular weight is 471 g/mol. The maximum Gasteiger partial charge on any atom is 0.407 e. The Hall–Kier alpha value is -1.48. The van der Waals surface area contributed by atoms with Crippen LogP contribution in [0.15, 0.2) is 0 Å². The van der Waals surface area contributed by atoms with Crippen molar-refractivity contribution in [2.45, 2.75) is 89.1 Å². The summed E-state index contributed by atoms with van der Waals surface area (Å²) in [4.78, 5) is 40.3. The maximum absolute atomic E-state index is 13.6. The van der Waals surface area contributed by atoms with E-state index in [2.05, 4.69) is 24.5 Å². The zero-order chi connectivity index (χ0) is 23.9. The number of thioether (sulfide) groups is 1. The quantitative estimate of drug-likeness (QED) is 0.477. The number of nitrogens with one attached hydrogen (secondary N) is 2. The minimum absolute atomic E-state index is 0.102. The Balaban J connectivity index is 2.06. The van der Waals surface area contributed by atoms with Gasteiger partial charge in [0.05, 0.1) is 7.11 Å². The number of rotatable bonds is 9. The number of carbonyl (C=O) groups is 3. The molecule has 0 aromatic heterocycles. The van der Waals surface area contributed by atoms with E-state index in [4.69, 9.17) is 10.5 Å². The summed E-state index contributed by atoms with van der Waals surface area (Å²) in [7, 11) is 1.29. The van der Waals surface area contributed by atoms with Crippen LogP contribution in [-0.2, 0) is 14.3 Å². The molecule has 32 heavy (non-hydrogen) atoms. The lowest BCUT2D eigenvalue weighted by Crippen LogP contribution is -2.60. The van der Waals surface area contributed by atoms with Gasteiger partial charge in [0.2, 0.25) is 11.8 Å². The van der Waals surface area contributed by atoms with E-state index in [9.17, 15) is 14.4 Å². The van der Waals surface area contributed by atoms with Gasteiger partial charge in [-0.1, -0.05) is 13.8 Å². The first kappa shape index (κ1) is 26.8. The van der Waals surface area contributed by atoms with Crippen LogP contribution in [0.1, 0.15) is 66.2 Å². The van der Waals surface area contributed by atoms with Gasteiger partial charge in [0.25, 0.3) is 0 Å². The van der Waals surface area contributed by atoms with Crippen LogP contribution >= 0.6 is 11.8 Å². The molecule has 0 aromatic carbocycles. The van der Waals surface area contributed by atoms with Gasteiger partial charge in [-0.2, -0.15) is 11.8 Å². The Morgan fingerprint density at radius 2 is 1.81 bits per heavy atom. The second-order valence-corrected chi connectivity index (χ2v) is 11.8. The summed E-state index contributed by atoms with van der Waals surface area (Å²) in [5.41, 5.74) is 5.98. The topological polar surface area (TPSA) is 114 Å². The predicted octanol–water partition coefficient (Wildman–Crippen LogP) is 2.50. The molecule has 1 aliphatic heterocycles.